The molecule has 60 valence electrons. The fourth-order valence-electron chi connectivity index (χ4n) is 0.821. The second kappa shape index (κ2) is 5.23. The van der Waals surface area contributed by atoms with Crippen LogP contribution in [0.4, 0.5) is 0 Å². The third kappa shape index (κ3) is 3.45. The molecule has 0 saturated carbocycles. The summed E-state index contributed by atoms with van der Waals surface area (Å²) in [7, 11) is 1.77. The highest BCUT2D eigenvalue weighted by Crippen LogP contribution is 1.99. The van der Waals surface area contributed by atoms with Gasteiger partial charge in [0.15, 0.2) is 0 Å². The van der Waals surface area contributed by atoms with Crippen LogP contribution < -0.4 is 5.73 Å². The van der Waals surface area contributed by atoms with E-state index in [9.17, 15) is 4.79 Å². The van der Waals surface area contributed by atoms with Gasteiger partial charge in [-0.05, 0) is 12.5 Å². The number of rotatable bonds is 5. The van der Waals surface area contributed by atoms with Gasteiger partial charge in [-0.1, -0.05) is 13.3 Å². The van der Waals surface area contributed by atoms with Crippen LogP contribution in [0.1, 0.15) is 13.3 Å². The van der Waals surface area contributed by atoms with Crippen molar-refractivity contribution in [2.24, 2.45) is 11.7 Å². The zero-order chi connectivity index (χ0) is 7.98. The second-order valence-corrected chi connectivity index (χ2v) is 2.55. The molecule has 0 aromatic heterocycles. The summed E-state index contributed by atoms with van der Waals surface area (Å²) < 4.78 is 0. The first-order chi connectivity index (χ1) is 4.74. The number of amides is 1. The number of hydrogen-bond donors (Lipinski definition) is 1. The van der Waals surface area contributed by atoms with Gasteiger partial charge in [0, 0.05) is 13.6 Å². The number of carbonyl (C=O) groups is 1. The molecule has 0 saturated heterocycles. The lowest BCUT2D eigenvalue weighted by atomic mass is 10.1. The Hall–Kier alpha value is -0.570. The van der Waals surface area contributed by atoms with Crippen molar-refractivity contribution in [2.45, 2.75) is 13.3 Å². The first kappa shape index (κ1) is 9.43. The van der Waals surface area contributed by atoms with E-state index in [2.05, 4.69) is 6.92 Å². The zero-order valence-electron chi connectivity index (χ0n) is 6.71. The largest absolute Gasteiger partial charge is 0.348 e. The highest BCUT2D eigenvalue weighted by atomic mass is 16.1. The Kier molecular flexibility index (Phi) is 4.94. The Bertz CT molecular complexity index is 91.6. The third-order valence-electron chi connectivity index (χ3n) is 1.64. The predicted octanol–water partition coefficient (Wildman–Crippen LogP) is 0.0595. The molecular formula is C7H16N2O. The average molecular weight is 144 g/mol. The number of carbonyl (C=O) groups excluding carboxylic acids is 1. The number of nitrogens with zero attached hydrogens (tertiary/aromatic N) is 1. The van der Waals surface area contributed by atoms with Crippen molar-refractivity contribution in [3.63, 3.8) is 0 Å². The molecule has 0 aromatic carbocycles. The van der Waals surface area contributed by atoms with Crippen molar-refractivity contribution >= 4 is 6.41 Å². The van der Waals surface area contributed by atoms with Crippen molar-refractivity contribution in [1.29, 1.82) is 0 Å². The number of hydrogen-bond acceptors (Lipinski definition) is 2. The van der Waals surface area contributed by atoms with Gasteiger partial charge >= 0.3 is 0 Å². The lowest BCUT2D eigenvalue weighted by Gasteiger charge is -2.17. The van der Waals surface area contributed by atoms with Crippen LogP contribution in [0.3, 0.4) is 0 Å². The lowest BCUT2D eigenvalue weighted by Crippen LogP contribution is -2.28. The van der Waals surface area contributed by atoms with Crippen LogP contribution in [-0.2, 0) is 4.79 Å². The monoisotopic (exact) mass is 144 g/mol. The van der Waals surface area contributed by atoms with Gasteiger partial charge in [-0.2, -0.15) is 0 Å². The maximum atomic E-state index is 10.2. The third-order valence-corrected chi connectivity index (χ3v) is 1.64. The molecule has 0 aromatic rings. The molecule has 1 atom stereocenters. The molecule has 0 aliphatic rings. The van der Waals surface area contributed by atoms with Gasteiger partial charge < -0.3 is 10.6 Å². The molecule has 0 fully saturated rings. The molecule has 0 bridgehead atoms. The molecule has 0 heterocycles. The van der Waals surface area contributed by atoms with E-state index >= 15 is 0 Å². The Morgan fingerprint density at radius 3 is 2.60 bits per heavy atom. The van der Waals surface area contributed by atoms with Crippen LogP contribution in [0.15, 0.2) is 0 Å². The van der Waals surface area contributed by atoms with Gasteiger partial charge in [0.2, 0.25) is 6.41 Å². The topological polar surface area (TPSA) is 46.3 Å². The minimum atomic E-state index is 0.454. The minimum absolute atomic E-state index is 0.454. The Morgan fingerprint density at radius 2 is 2.30 bits per heavy atom. The molecule has 0 aliphatic carbocycles. The van der Waals surface area contributed by atoms with Crippen molar-refractivity contribution in [3.05, 3.63) is 0 Å². The summed E-state index contributed by atoms with van der Waals surface area (Å²) in [5.41, 5.74) is 5.44. The van der Waals surface area contributed by atoms with E-state index in [4.69, 9.17) is 5.73 Å². The van der Waals surface area contributed by atoms with E-state index in [-0.39, 0.29) is 0 Å². The maximum absolute atomic E-state index is 10.2. The summed E-state index contributed by atoms with van der Waals surface area (Å²) in [6.45, 7) is 3.52. The highest BCUT2D eigenvalue weighted by molar-refractivity contribution is 5.46. The van der Waals surface area contributed by atoms with E-state index in [1.54, 1.807) is 11.9 Å². The SMILES string of the molecule is CCC(CN)CN(C)C=O. The van der Waals surface area contributed by atoms with Gasteiger partial charge in [-0.3, -0.25) is 4.79 Å². The predicted molar refractivity (Wildman–Crippen MR) is 41.5 cm³/mol. The first-order valence-corrected chi connectivity index (χ1v) is 3.60. The van der Waals surface area contributed by atoms with E-state index in [1.165, 1.54) is 0 Å². The summed E-state index contributed by atoms with van der Waals surface area (Å²) in [5.74, 6) is 0.454. The Morgan fingerprint density at radius 1 is 1.70 bits per heavy atom. The van der Waals surface area contributed by atoms with Crippen LogP contribution >= 0.6 is 0 Å². The summed E-state index contributed by atoms with van der Waals surface area (Å²) in [5, 5.41) is 0. The zero-order valence-corrected chi connectivity index (χ0v) is 6.71. The standard InChI is InChI=1S/C7H16N2O/c1-3-7(4-8)5-9(2)6-10/h6-7H,3-5,8H2,1-2H3. The molecule has 10 heavy (non-hydrogen) atoms. The van der Waals surface area contributed by atoms with E-state index in [0.29, 0.717) is 12.5 Å². The number of nitrogens with two attached hydrogens (primary N) is 1. The molecule has 0 rings (SSSR count). The molecular weight excluding hydrogens is 128 g/mol. The van der Waals surface area contributed by atoms with E-state index in [1.807, 2.05) is 0 Å². The molecule has 2 N–H and O–H groups in total. The Balaban J connectivity index is 3.51. The van der Waals surface area contributed by atoms with Crippen LogP contribution in [0.5, 0.6) is 0 Å². The van der Waals surface area contributed by atoms with Crippen molar-refractivity contribution in [1.82, 2.24) is 4.90 Å². The fourth-order valence-corrected chi connectivity index (χ4v) is 0.821. The van der Waals surface area contributed by atoms with Crippen LogP contribution in [0.2, 0.25) is 0 Å². The first-order valence-electron chi connectivity index (χ1n) is 3.60. The van der Waals surface area contributed by atoms with Crippen LogP contribution in [-0.4, -0.2) is 31.4 Å². The molecule has 0 radical (unpaired) electrons. The van der Waals surface area contributed by atoms with Gasteiger partial charge in [0.05, 0.1) is 0 Å². The summed E-state index contributed by atoms with van der Waals surface area (Å²) >= 11 is 0. The van der Waals surface area contributed by atoms with E-state index in [0.717, 1.165) is 19.4 Å². The summed E-state index contributed by atoms with van der Waals surface area (Å²) in [6, 6.07) is 0. The molecule has 0 spiro atoms. The molecule has 3 heteroatoms. The average Bonchev–Trinajstić information content (AvgIpc) is 1.99. The maximum Gasteiger partial charge on any atom is 0.209 e. The minimum Gasteiger partial charge on any atom is -0.348 e. The quantitative estimate of drug-likeness (QED) is 0.555. The normalized spacial score (nSPS) is 12.7. The highest BCUT2D eigenvalue weighted by Gasteiger charge is 2.04. The Labute approximate surface area is 62.2 Å². The van der Waals surface area contributed by atoms with Crippen LogP contribution in [0.25, 0.3) is 0 Å². The summed E-state index contributed by atoms with van der Waals surface area (Å²) in [4.78, 5) is 11.8. The fraction of sp³-hybridized carbons (Fsp3) is 0.857. The van der Waals surface area contributed by atoms with Gasteiger partial charge in [0.25, 0.3) is 0 Å². The summed E-state index contributed by atoms with van der Waals surface area (Å²) in [6.07, 6.45) is 1.87. The van der Waals surface area contributed by atoms with Gasteiger partial charge in [-0.25, -0.2) is 0 Å². The lowest BCUT2D eigenvalue weighted by molar-refractivity contribution is -0.117. The smallest absolute Gasteiger partial charge is 0.209 e. The van der Waals surface area contributed by atoms with Crippen LogP contribution in [0, 0.1) is 5.92 Å². The second-order valence-electron chi connectivity index (χ2n) is 2.55. The van der Waals surface area contributed by atoms with Crippen molar-refractivity contribution < 1.29 is 4.79 Å². The van der Waals surface area contributed by atoms with Crippen molar-refractivity contribution in [2.75, 3.05) is 20.1 Å². The molecule has 1 amide bonds. The molecule has 1 unspecified atom stereocenters. The molecule has 3 nitrogen and oxygen atoms in total. The van der Waals surface area contributed by atoms with E-state index < -0.39 is 0 Å². The van der Waals surface area contributed by atoms with Gasteiger partial charge in [0.1, 0.15) is 0 Å². The van der Waals surface area contributed by atoms with Gasteiger partial charge in [-0.15, -0.1) is 0 Å². The van der Waals surface area contributed by atoms with Crippen molar-refractivity contribution in [3.8, 4) is 0 Å². The molecule has 0 aliphatic heterocycles.